The molecule has 0 saturated carbocycles. The lowest BCUT2D eigenvalue weighted by Crippen LogP contribution is -2.66. The van der Waals surface area contributed by atoms with E-state index >= 15 is 0 Å². The molecule has 0 radical (unpaired) electrons. The van der Waals surface area contributed by atoms with Crippen LogP contribution in [0.4, 0.5) is 0 Å². The van der Waals surface area contributed by atoms with Crippen molar-refractivity contribution in [3.63, 3.8) is 0 Å². The molecule has 388 valence electrons. The molecule has 3 aliphatic rings. The quantitative estimate of drug-likeness (QED) is 0.0317. The Hall–Kier alpha value is -1.47. The van der Waals surface area contributed by atoms with Crippen LogP contribution in [0.5, 0.6) is 0 Å². The van der Waals surface area contributed by atoms with Crippen LogP contribution in [-0.2, 0) is 33.2 Å². The van der Waals surface area contributed by atoms with Gasteiger partial charge in [-0.3, -0.25) is 4.79 Å². The van der Waals surface area contributed by atoms with Crippen molar-refractivity contribution in [2.45, 2.75) is 253 Å². The maximum absolute atomic E-state index is 13.0. The van der Waals surface area contributed by atoms with Gasteiger partial charge in [-0.15, -0.1) is 0 Å². The first-order chi connectivity index (χ1) is 31.8. The Labute approximate surface area is 391 Å². The van der Waals surface area contributed by atoms with E-state index in [2.05, 4.69) is 12.2 Å². The summed E-state index contributed by atoms with van der Waals surface area (Å²) < 4.78 is 33.9. The first kappa shape index (κ1) is 58.8. The van der Waals surface area contributed by atoms with Crippen molar-refractivity contribution < 1.29 is 89.4 Å². The van der Waals surface area contributed by atoms with Crippen LogP contribution in [0.25, 0.3) is 0 Å². The minimum atomic E-state index is -1.97. The zero-order valence-electron chi connectivity index (χ0n) is 39.4. The van der Waals surface area contributed by atoms with Crippen molar-refractivity contribution >= 4 is 5.91 Å². The average molecular weight is 954 g/mol. The van der Waals surface area contributed by atoms with E-state index < -0.39 is 124 Å². The Kier molecular flexibility index (Phi) is 29.6. The number of nitrogens with one attached hydrogen (secondary N) is 1. The molecule has 1 amide bonds. The summed E-state index contributed by atoms with van der Waals surface area (Å²) >= 11 is 0. The van der Waals surface area contributed by atoms with E-state index in [0.717, 1.165) is 25.7 Å². The molecule has 0 aliphatic carbocycles. The van der Waals surface area contributed by atoms with Gasteiger partial charge in [0, 0.05) is 6.42 Å². The fraction of sp³-hybridized carbons (Fsp3) is 0.936. The first-order valence-electron chi connectivity index (χ1n) is 24.9. The second-order valence-corrected chi connectivity index (χ2v) is 18.3. The number of carbonyl (C=O) groups is 1. The van der Waals surface area contributed by atoms with Crippen molar-refractivity contribution in [3.05, 3.63) is 12.2 Å². The molecule has 0 bridgehead atoms. The van der Waals surface area contributed by atoms with Crippen molar-refractivity contribution in [1.29, 1.82) is 0 Å². The maximum atomic E-state index is 13.0. The summed E-state index contributed by atoms with van der Waals surface area (Å²) in [6.45, 7) is 1.46. The number of hydrogen-bond donors (Lipinski definition) is 12. The lowest BCUT2D eigenvalue weighted by molar-refractivity contribution is -0.379. The number of unbranched alkanes of at least 4 members (excludes halogenated alkanes) is 18. The zero-order valence-corrected chi connectivity index (χ0v) is 39.4. The summed E-state index contributed by atoms with van der Waals surface area (Å²) in [5, 5.41) is 119. The molecule has 19 heteroatoms. The summed E-state index contributed by atoms with van der Waals surface area (Å²) in [5.41, 5.74) is 0. The third kappa shape index (κ3) is 19.4. The summed E-state index contributed by atoms with van der Waals surface area (Å²) in [7, 11) is 0. The van der Waals surface area contributed by atoms with Gasteiger partial charge in [0.1, 0.15) is 73.2 Å². The van der Waals surface area contributed by atoms with Gasteiger partial charge in [0.05, 0.1) is 38.6 Å². The highest BCUT2D eigenvalue weighted by Crippen LogP contribution is 2.33. The summed E-state index contributed by atoms with van der Waals surface area (Å²) in [5.74, 6) is -0.287. The largest absolute Gasteiger partial charge is 0.394 e. The van der Waals surface area contributed by atoms with Gasteiger partial charge in [-0.25, -0.2) is 0 Å². The van der Waals surface area contributed by atoms with E-state index in [1.807, 2.05) is 6.92 Å². The highest BCUT2D eigenvalue weighted by molar-refractivity contribution is 5.76. The van der Waals surface area contributed by atoms with E-state index in [1.54, 1.807) is 12.2 Å². The van der Waals surface area contributed by atoms with E-state index in [9.17, 15) is 61.0 Å². The minimum absolute atomic E-state index is 0.245. The van der Waals surface area contributed by atoms with Crippen LogP contribution in [0.2, 0.25) is 0 Å². The van der Waals surface area contributed by atoms with E-state index in [0.29, 0.717) is 12.8 Å². The molecule has 0 aromatic rings. The number of allylic oxidation sites excluding steroid dienone is 1. The highest BCUT2D eigenvalue weighted by atomic mass is 16.8. The Bertz CT molecular complexity index is 1280. The van der Waals surface area contributed by atoms with Gasteiger partial charge in [0.2, 0.25) is 5.91 Å². The van der Waals surface area contributed by atoms with Crippen molar-refractivity contribution in [2.75, 3.05) is 26.4 Å². The lowest BCUT2D eigenvalue weighted by atomic mass is 9.96. The Morgan fingerprint density at radius 3 is 1.39 bits per heavy atom. The molecule has 0 aromatic carbocycles. The zero-order chi connectivity index (χ0) is 48.4. The lowest BCUT2D eigenvalue weighted by Gasteiger charge is -2.48. The number of aliphatic hydroxyl groups is 11. The Morgan fingerprint density at radius 1 is 0.530 bits per heavy atom. The topological polar surface area (TPSA) is 307 Å². The molecule has 3 rings (SSSR count). The van der Waals surface area contributed by atoms with Crippen LogP contribution < -0.4 is 5.32 Å². The van der Waals surface area contributed by atoms with Crippen molar-refractivity contribution in [3.8, 4) is 0 Å². The van der Waals surface area contributed by atoms with Crippen LogP contribution in [0.1, 0.15) is 149 Å². The third-order valence-corrected chi connectivity index (χ3v) is 12.8. The van der Waals surface area contributed by atoms with E-state index in [4.69, 9.17) is 28.4 Å². The second kappa shape index (κ2) is 33.2. The molecule has 19 nitrogen and oxygen atoms in total. The smallest absolute Gasteiger partial charge is 0.220 e. The monoisotopic (exact) mass is 954 g/mol. The average Bonchev–Trinajstić information content (AvgIpc) is 3.31. The summed E-state index contributed by atoms with van der Waals surface area (Å²) in [6.07, 6.45) is 0.596. The Morgan fingerprint density at radius 2 is 0.939 bits per heavy atom. The molecule has 3 aliphatic heterocycles. The number of rotatable bonds is 34. The van der Waals surface area contributed by atoms with Crippen LogP contribution in [-0.4, -0.2) is 193 Å². The number of ether oxygens (including phenoxy) is 6. The van der Waals surface area contributed by atoms with Gasteiger partial charge in [-0.05, 0) is 12.8 Å². The summed E-state index contributed by atoms with van der Waals surface area (Å²) in [6, 6.07) is -0.962. The molecule has 3 heterocycles. The molecule has 66 heavy (non-hydrogen) atoms. The second-order valence-electron chi connectivity index (χ2n) is 18.3. The van der Waals surface area contributed by atoms with E-state index in [-0.39, 0.29) is 18.9 Å². The van der Waals surface area contributed by atoms with Gasteiger partial charge < -0.3 is 89.9 Å². The standard InChI is InChI=1S/C47H87NO18/c1-3-5-7-8-9-10-11-12-13-14-15-16-17-18-19-20-21-23-25-35(53)48-30(31(52)24-22-6-4-2)29-61-45-41(59)38(56)43(33(27-50)63-45)66-47-42(60)39(57)44(34(28-51)64-47)65-46-40(58)37(55)36(54)32(26-49)62-46/h22,24,30-34,36-47,49-52,54-60H,3-21,23,25-29H2,1-2H3,(H,48,53)/b24-22+. The summed E-state index contributed by atoms with van der Waals surface area (Å²) in [4.78, 5) is 13.0. The molecule has 0 aromatic heterocycles. The van der Waals surface area contributed by atoms with Gasteiger partial charge in [-0.1, -0.05) is 142 Å². The van der Waals surface area contributed by atoms with Crippen molar-refractivity contribution in [1.82, 2.24) is 5.32 Å². The predicted molar refractivity (Wildman–Crippen MR) is 240 cm³/mol. The fourth-order valence-corrected chi connectivity index (χ4v) is 8.61. The number of hydrogen-bond acceptors (Lipinski definition) is 18. The van der Waals surface area contributed by atoms with Crippen LogP contribution in [0.3, 0.4) is 0 Å². The number of amides is 1. The normalized spacial score (nSPS) is 33.9. The third-order valence-electron chi connectivity index (χ3n) is 12.8. The fourth-order valence-electron chi connectivity index (χ4n) is 8.61. The molecule has 17 atom stereocenters. The van der Waals surface area contributed by atoms with Gasteiger partial charge in [-0.2, -0.15) is 0 Å². The van der Waals surface area contributed by atoms with Gasteiger partial charge >= 0.3 is 0 Å². The maximum Gasteiger partial charge on any atom is 0.220 e. The number of aliphatic hydroxyl groups excluding tert-OH is 11. The first-order valence-corrected chi connectivity index (χ1v) is 24.9. The molecule has 0 spiro atoms. The van der Waals surface area contributed by atoms with Gasteiger partial charge in [0.25, 0.3) is 0 Å². The molecular weight excluding hydrogens is 867 g/mol. The minimum Gasteiger partial charge on any atom is -0.394 e. The van der Waals surface area contributed by atoms with Crippen LogP contribution in [0.15, 0.2) is 12.2 Å². The SMILES string of the molecule is CCC/C=C/C(O)C(COC1OC(CO)C(OC2OC(CO)C(OC3OC(CO)C(O)C(O)C3O)C(O)C2O)C(O)C1O)NC(=O)CCCCCCCCCCCCCCCCCCCC. The molecule has 12 N–H and O–H groups in total. The van der Waals surface area contributed by atoms with E-state index in [1.165, 1.54) is 89.9 Å². The van der Waals surface area contributed by atoms with Crippen LogP contribution in [0, 0.1) is 0 Å². The Balaban J connectivity index is 1.44. The highest BCUT2D eigenvalue weighted by Gasteiger charge is 2.53. The van der Waals surface area contributed by atoms with Crippen LogP contribution >= 0.6 is 0 Å². The predicted octanol–water partition coefficient (Wildman–Crippen LogP) is 1.09. The van der Waals surface area contributed by atoms with Crippen molar-refractivity contribution in [2.24, 2.45) is 0 Å². The number of carbonyl (C=O) groups excluding carboxylic acids is 1. The molecule has 17 unspecified atom stereocenters. The molecule has 3 fully saturated rings. The molecular formula is C47H87NO18. The molecule has 3 saturated heterocycles. The van der Waals surface area contributed by atoms with Gasteiger partial charge in [0.15, 0.2) is 18.9 Å².